The Hall–Kier alpha value is -1.51. The highest BCUT2D eigenvalue weighted by molar-refractivity contribution is 7.97. The van der Waals surface area contributed by atoms with Gasteiger partial charge in [-0.2, -0.15) is 0 Å². The first-order valence-corrected chi connectivity index (χ1v) is 13.0. The summed E-state index contributed by atoms with van der Waals surface area (Å²) in [5.74, 6) is -0.229. The van der Waals surface area contributed by atoms with E-state index in [0.29, 0.717) is 28.3 Å². The Morgan fingerprint density at radius 1 is 1.24 bits per heavy atom. The lowest BCUT2D eigenvalue weighted by atomic mass is 10.0. The molecule has 0 radical (unpaired) electrons. The third-order valence-electron chi connectivity index (χ3n) is 6.14. The molecule has 2 fully saturated rings. The van der Waals surface area contributed by atoms with Crippen LogP contribution in [0.3, 0.4) is 0 Å². The van der Waals surface area contributed by atoms with Gasteiger partial charge >= 0.3 is 0 Å². The Morgan fingerprint density at radius 3 is 2.61 bits per heavy atom. The number of carbonyl (C=O) groups excluding carboxylic acids is 1. The summed E-state index contributed by atoms with van der Waals surface area (Å²) in [6.45, 7) is 1.30. The highest BCUT2D eigenvalue weighted by atomic mass is 35.5. The molecule has 2 atom stereocenters. The van der Waals surface area contributed by atoms with Crippen molar-refractivity contribution in [2.45, 2.75) is 43.7 Å². The molecule has 9 heteroatoms. The SMILES string of the molecule is CSNC(=O)c1cc(C2CC2)c(OC2CCCN(C(CO)c3cc(Cl)cc(Cl)c3)C2)cc1F. The summed E-state index contributed by atoms with van der Waals surface area (Å²) in [4.78, 5) is 14.4. The Morgan fingerprint density at radius 2 is 1.97 bits per heavy atom. The number of benzene rings is 2. The van der Waals surface area contributed by atoms with Crippen molar-refractivity contribution in [3.63, 3.8) is 0 Å². The van der Waals surface area contributed by atoms with Gasteiger partial charge in [0.2, 0.25) is 0 Å². The molecule has 2 aromatic carbocycles. The summed E-state index contributed by atoms with van der Waals surface area (Å²) in [5.41, 5.74) is 1.78. The normalized spacial score (nSPS) is 19.8. The van der Waals surface area contributed by atoms with Gasteiger partial charge in [-0.3, -0.25) is 14.4 Å². The molecule has 0 aromatic heterocycles. The van der Waals surface area contributed by atoms with Crippen LogP contribution in [0, 0.1) is 5.82 Å². The Kier molecular flexibility index (Phi) is 8.07. The quantitative estimate of drug-likeness (QED) is 0.451. The minimum atomic E-state index is -0.588. The van der Waals surface area contributed by atoms with E-state index in [1.807, 2.05) is 12.1 Å². The molecule has 0 bridgehead atoms. The van der Waals surface area contributed by atoms with Crippen molar-refractivity contribution in [1.29, 1.82) is 0 Å². The second-order valence-corrected chi connectivity index (χ2v) is 10.0. The molecule has 1 amide bonds. The van der Waals surface area contributed by atoms with Gasteiger partial charge in [0, 0.05) is 28.9 Å². The van der Waals surface area contributed by atoms with Crippen molar-refractivity contribution >= 4 is 41.1 Å². The third kappa shape index (κ3) is 5.95. The molecule has 5 nitrogen and oxygen atoms in total. The number of rotatable bonds is 8. The Balaban J connectivity index is 1.53. The maximum atomic E-state index is 14.8. The highest BCUT2D eigenvalue weighted by Crippen LogP contribution is 2.45. The van der Waals surface area contributed by atoms with E-state index in [9.17, 15) is 14.3 Å². The van der Waals surface area contributed by atoms with E-state index in [1.165, 1.54) is 6.07 Å². The van der Waals surface area contributed by atoms with Crippen molar-refractivity contribution in [2.24, 2.45) is 0 Å². The fourth-order valence-corrected chi connectivity index (χ4v) is 5.27. The number of likely N-dealkylation sites (tertiary alicyclic amines) is 1. The van der Waals surface area contributed by atoms with E-state index in [4.69, 9.17) is 27.9 Å². The van der Waals surface area contributed by atoms with Gasteiger partial charge in [-0.05, 0) is 73.5 Å². The lowest BCUT2D eigenvalue weighted by molar-refractivity contribution is 0.0393. The molecular weight excluding hydrogens is 486 g/mol. The maximum absolute atomic E-state index is 14.8. The van der Waals surface area contributed by atoms with Crippen LogP contribution in [-0.4, -0.2) is 48.0 Å². The first kappa shape index (κ1) is 24.6. The monoisotopic (exact) mass is 512 g/mol. The standard InChI is InChI=1S/C24H27Cl2FN2O3S/c1-33-28-24(31)20-10-19(14-4-5-14)23(11-21(20)27)32-18-3-2-6-29(12-18)22(13-30)15-7-16(25)9-17(26)8-15/h7-11,14,18,22,30H,2-6,12-13H2,1H3,(H,28,31). The van der Waals surface area contributed by atoms with Gasteiger partial charge in [0.25, 0.3) is 5.91 Å². The average molecular weight is 513 g/mol. The number of carbonyl (C=O) groups is 1. The number of hydrogen-bond donors (Lipinski definition) is 2. The largest absolute Gasteiger partial charge is 0.489 e. The predicted octanol–water partition coefficient (Wildman–Crippen LogP) is 5.59. The summed E-state index contributed by atoms with van der Waals surface area (Å²) in [5, 5.41) is 11.2. The van der Waals surface area contributed by atoms with Gasteiger partial charge in [-0.1, -0.05) is 35.1 Å². The van der Waals surface area contributed by atoms with Gasteiger partial charge in [0.15, 0.2) is 0 Å². The lowest BCUT2D eigenvalue weighted by Crippen LogP contribution is -2.44. The Labute approximate surface area is 207 Å². The predicted molar refractivity (Wildman–Crippen MR) is 131 cm³/mol. The van der Waals surface area contributed by atoms with Crippen LogP contribution in [0.2, 0.25) is 10.0 Å². The first-order valence-electron chi connectivity index (χ1n) is 11.0. The molecule has 4 rings (SSSR count). The topological polar surface area (TPSA) is 61.8 Å². The van der Waals surface area contributed by atoms with Crippen molar-refractivity contribution in [3.8, 4) is 5.75 Å². The van der Waals surface area contributed by atoms with Crippen LogP contribution < -0.4 is 9.46 Å². The number of amides is 1. The number of nitrogens with zero attached hydrogens (tertiary/aromatic N) is 1. The van der Waals surface area contributed by atoms with Gasteiger partial charge in [-0.25, -0.2) is 4.39 Å². The molecule has 1 aliphatic heterocycles. The van der Waals surface area contributed by atoms with Crippen LogP contribution in [0.5, 0.6) is 5.75 Å². The fourth-order valence-electron chi connectivity index (χ4n) is 4.43. The zero-order chi connectivity index (χ0) is 23.5. The van der Waals surface area contributed by atoms with E-state index in [0.717, 1.165) is 55.3 Å². The van der Waals surface area contributed by atoms with Crippen LogP contribution in [0.1, 0.15) is 59.1 Å². The summed E-state index contributed by atoms with van der Waals surface area (Å²) in [6.07, 6.45) is 5.27. The Bertz CT molecular complexity index is 1000. The van der Waals surface area contributed by atoms with Crippen molar-refractivity contribution in [3.05, 3.63) is 62.9 Å². The minimum Gasteiger partial charge on any atom is -0.489 e. The van der Waals surface area contributed by atoms with E-state index in [-0.39, 0.29) is 24.3 Å². The van der Waals surface area contributed by atoms with E-state index in [2.05, 4.69) is 9.62 Å². The second-order valence-electron chi connectivity index (χ2n) is 8.56. The molecule has 1 aliphatic carbocycles. The molecule has 1 saturated carbocycles. The van der Waals surface area contributed by atoms with Crippen LogP contribution in [0.25, 0.3) is 0 Å². The minimum absolute atomic E-state index is 0.0436. The number of ether oxygens (including phenoxy) is 1. The third-order valence-corrected chi connectivity index (χ3v) is 6.97. The van der Waals surface area contributed by atoms with Crippen molar-refractivity contribution < 1.29 is 19.0 Å². The van der Waals surface area contributed by atoms with Crippen LogP contribution in [-0.2, 0) is 0 Å². The smallest absolute Gasteiger partial charge is 0.264 e. The van der Waals surface area contributed by atoms with Crippen molar-refractivity contribution in [2.75, 3.05) is 26.0 Å². The summed E-state index contributed by atoms with van der Waals surface area (Å²) >= 11 is 13.5. The number of nitrogens with one attached hydrogen (secondary N) is 1. The first-order chi connectivity index (χ1) is 15.9. The summed E-state index contributed by atoms with van der Waals surface area (Å²) in [7, 11) is 0. The van der Waals surface area contributed by atoms with Gasteiger partial charge in [0.1, 0.15) is 17.7 Å². The van der Waals surface area contributed by atoms with E-state index in [1.54, 1.807) is 18.4 Å². The second kappa shape index (κ2) is 10.8. The molecule has 2 aliphatic rings. The maximum Gasteiger partial charge on any atom is 0.264 e. The molecular formula is C24H27Cl2FN2O3S. The zero-order valence-electron chi connectivity index (χ0n) is 18.3. The van der Waals surface area contributed by atoms with Crippen LogP contribution in [0.4, 0.5) is 4.39 Å². The number of hydrogen-bond acceptors (Lipinski definition) is 5. The van der Waals surface area contributed by atoms with Gasteiger partial charge in [0.05, 0.1) is 18.2 Å². The molecule has 1 saturated heterocycles. The van der Waals surface area contributed by atoms with Gasteiger partial charge < -0.3 is 9.84 Å². The molecule has 2 unspecified atom stereocenters. The fraction of sp³-hybridized carbons (Fsp3) is 0.458. The van der Waals surface area contributed by atoms with Crippen molar-refractivity contribution in [1.82, 2.24) is 9.62 Å². The average Bonchev–Trinajstić information content (AvgIpc) is 3.59. The number of piperidine rings is 1. The number of halogens is 3. The molecule has 33 heavy (non-hydrogen) atoms. The molecule has 0 spiro atoms. The van der Waals surface area contributed by atoms with Gasteiger partial charge in [-0.15, -0.1) is 0 Å². The van der Waals surface area contributed by atoms with Crippen LogP contribution >= 0.6 is 35.1 Å². The van der Waals surface area contributed by atoms with Crippen LogP contribution in [0.15, 0.2) is 30.3 Å². The van der Waals surface area contributed by atoms with E-state index >= 15 is 0 Å². The number of aliphatic hydroxyl groups is 1. The summed E-state index contributed by atoms with van der Waals surface area (Å²) in [6, 6.07) is 8.03. The summed E-state index contributed by atoms with van der Waals surface area (Å²) < 4.78 is 23.7. The zero-order valence-corrected chi connectivity index (χ0v) is 20.6. The van der Waals surface area contributed by atoms with E-state index < -0.39 is 11.7 Å². The lowest BCUT2D eigenvalue weighted by Gasteiger charge is -2.38. The molecule has 2 aromatic rings. The molecule has 178 valence electrons. The highest BCUT2D eigenvalue weighted by Gasteiger charge is 2.32. The number of aliphatic hydroxyl groups excluding tert-OH is 1. The molecule has 2 N–H and O–H groups in total. The molecule has 1 heterocycles.